The maximum atomic E-state index is 13.8. The summed E-state index contributed by atoms with van der Waals surface area (Å²) in [5.41, 5.74) is 0.447. The van der Waals surface area contributed by atoms with Crippen molar-refractivity contribution in [2.24, 2.45) is 5.41 Å². The molecule has 4 heteroatoms. The van der Waals surface area contributed by atoms with Crippen molar-refractivity contribution >= 4 is 0 Å². The second kappa shape index (κ2) is 6.44. The lowest BCUT2D eigenvalue weighted by atomic mass is 9.75. The summed E-state index contributed by atoms with van der Waals surface area (Å²) in [6.07, 6.45) is 2.33. The van der Waals surface area contributed by atoms with Crippen molar-refractivity contribution < 1.29 is 13.5 Å². The molecule has 0 aliphatic carbocycles. The Hall–Kier alpha value is -1.00. The number of hydrogen-bond acceptors (Lipinski definition) is 2. The van der Waals surface area contributed by atoms with Crippen molar-refractivity contribution in [3.05, 3.63) is 35.4 Å². The van der Waals surface area contributed by atoms with Gasteiger partial charge in [0.15, 0.2) is 0 Å². The number of nitrogens with one attached hydrogen (secondary N) is 1. The highest BCUT2D eigenvalue weighted by Crippen LogP contribution is 2.34. The van der Waals surface area contributed by atoms with Gasteiger partial charge in [0.2, 0.25) is 0 Å². The molecule has 1 aromatic rings. The minimum absolute atomic E-state index is 0.0249. The molecule has 1 saturated heterocycles. The lowest BCUT2D eigenvalue weighted by molar-refractivity contribution is 0.0148. The Morgan fingerprint density at radius 3 is 2.68 bits per heavy atom. The average Bonchev–Trinajstić information content (AvgIpc) is 2.42. The van der Waals surface area contributed by atoms with Gasteiger partial charge < -0.3 is 10.1 Å². The largest absolute Gasteiger partial charge is 0.381 e. The number of halogens is 2. The first-order valence-corrected chi connectivity index (χ1v) is 6.88. The van der Waals surface area contributed by atoms with E-state index in [0.29, 0.717) is 25.2 Å². The molecule has 0 amide bonds. The van der Waals surface area contributed by atoms with Gasteiger partial charge >= 0.3 is 0 Å². The third-order valence-electron chi connectivity index (χ3n) is 3.88. The molecule has 1 aliphatic heterocycles. The molecule has 106 valence electrons. The third-order valence-corrected chi connectivity index (χ3v) is 3.88. The fraction of sp³-hybridized carbons (Fsp3) is 0.600. The molecular weight excluding hydrogens is 248 g/mol. The summed E-state index contributed by atoms with van der Waals surface area (Å²) in [4.78, 5) is 0. The van der Waals surface area contributed by atoms with Crippen LogP contribution in [0, 0.1) is 17.0 Å². The molecule has 1 fully saturated rings. The standard InChI is InChI=1S/C15H21F2NO/c1-2-18-11-15(5-7-19-8-6-15)10-12-9-13(16)3-4-14(12)17/h3-4,9,18H,2,5-8,10-11H2,1H3. The van der Waals surface area contributed by atoms with Crippen molar-refractivity contribution in [3.63, 3.8) is 0 Å². The highest BCUT2D eigenvalue weighted by molar-refractivity contribution is 5.20. The predicted molar refractivity (Wildman–Crippen MR) is 71.1 cm³/mol. The highest BCUT2D eigenvalue weighted by Gasteiger charge is 2.33. The van der Waals surface area contributed by atoms with Gasteiger partial charge in [-0.2, -0.15) is 0 Å². The predicted octanol–water partition coefficient (Wildman–Crippen LogP) is 2.91. The molecule has 0 spiro atoms. The van der Waals surface area contributed by atoms with Gasteiger partial charge in [-0.1, -0.05) is 6.92 Å². The van der Waals surface area contributed by atoms with Crippen LogP contribution >= 0.6 is 0 Å². The molecule has 19 heavy (non-hydrogen) atoms. The van der Waals surface area contributed by atoms with E-state index in [1.807, 2.05) is 0 Å². The zero-order valence-corrected chi connectivity index (χ0v) is 11.3. The van der Waals surface area contributed by atoms with Crippen molar-refractivity contribution in [2.75, 3.05) is 26.3 Å². The summed E-state index contributed by atoms with van der Waals surface area (Å²) in [6.45, 7) is 5.15. The van der Waals surface area contributed by atoms with E-state index in [1.54, 1.807) is 0 Å². The first-order valence-electron chi connectivity index (χ1n) is 6.88. The second-order valence-electron chi connectivity index (χ2n) is 5.31. The van der Waals surface area contributed by atoms with Gasteiger partial charge in [0.25, 0.3) is 0 Å². The molecule has 2 nitrogen and oxygen atoms in total. The van der Waals surface area contributed by atoms with E-state index in [0.717, 1.165) is 25.9 Å². The summed E-state index contributed by atoms with van der Waals surface area (Å²) >= 11 is 0. The topological polar surface area (TPSA) is 21.3 Å². The first-order chi connectivity index (χ1) is 9.15. The van der Waals surface area contributed by atoms with E-state index in [9.17, 15) is 8.78 Å². The second-order valence-corrected chi connectivity index (χ2v) is 5.31. The molecule has 1 aliphatic rings. The lowest BCUT2D eigenvalue weighted by Crippen LogP contribution is -2.41. The van der Waals surface area contributed by atoms with E-state index < -0.39 is 0 Å². The molecule has 0 radical (unpaired) electrons. The number of rotatable bonds is 5. The minimum Gasteiger partial charge on any atom is -0.381 e. The van der Waals surface area contributed by atoms with Crippen LogP contribution in [0.2, 0.25) is 0 Å². The van der Waals surface area contributed by atoms with Gasteiger partial charge in [-0.25, -0.2) is 8.78 Å². The van der Waals surface area contributed by atoms with Crippen LogP contribution in [0.5, 0.6) is 0 Å². The van der Waals surface area contributed by atoms with Gasteiger partial charge in [0, 0.05) is 19.8 Å². The summed E-state index contributed by atoms with van der Waals surface area (Å²) in [5, 5.41) is 3.34. The third kappa shape index (κ3) is 3.74. The van der Waals surface area contributed by atoms with E-state index in [4.69, 9.17) is 4.74 Å². The molecule has 1 N–H and O–H groups in total. The maximum Gasteiger partial charge on any atom is 0.126 e. The Morgan fingerprint density at radius 1 is 1.26 bits per heavy atom. The Morgan fingerprint density at radius 2 is 2.00 bits per heavy atom. The van der Waals surface area contributed by atoms with E-state index in [2.05, 4.69) is 12.2 Å². The smallest absolute Gasteiger partial charge is 0.126 e. The fourth-order valence-electron chi connectivity index (χ4n) is 2.69. The number of hydrogen-bond donors (Lipinski definition) is 1. The molecule has 2 rings (SSSR count). The zero-order valence-electron chi connectivity index (χ0n) is 11.3. The molecule has 0 atom stereocenters. The van der Waals surface area contributed by atoms with Crippen LogP contribution in [0.1, 0.15) is 25.3 Å². The number of ether oxygens (including phenoxy) is 1. The SMILES string of the molecule is CCNCC1(Cc2cc(F)ccc2F)CCOCC1. The van der Waals surface area contributed by atoms with Crippen molar-refractivity contribution in [1.82, 2.24) is 5.32 Å². The Kier molecular flexibility index (Phi) is 4.88. The Bertz CT molecular complexity index is 417. The molecule has 0 saturated carbocycles. The maximum absolute atomic E-state index is 13.8. The quantitative estimate of drug-likeness (QED) is 0.887. The van der Waals surface area contributed by atoms with Crippen LogP contribution in [0.15, 0.2) is 18.2 Å². The van der Waals surface area contributed by atoms with Gasteiger partial charge in [-0.05, 0) is 55.0 Å². The van der Waals surface area contributed by atoms with Crippen LogP contribution < -0.4 is 5.32 Å². The van der Waals surface area contributed by atoms with Crippen molar-refractivity contribution in [2.45, 2.75) is 26.2 Å². The van der Waals surface area contributed by atoms with E-state index in [-0.39, 0.29) is 17.0 Å². The highest BCUT2D eigenvalue weighted by atomic mass is 19.1. The van der Waals surface area contributed by atoms with Crippen LogP contribution in [-0.4, -0.2) is 26.3 Å². The number of benzene rings is 1. The fourth-order valence-corrected chi connectivity index (χ4v) is 2.69. The first kappa shape index (κ1) is 14.4. The van der Waals surface area contributed by atoms with Crippen molar-refractivity contribution in [1.29, 1.82) is 0 Å². The summed E-state index contributed by atoms with van der Waals surface area (Å²) < 4.78 is 32.5. The van der Waals surface area contributed by atoms with Crippen LogP contribution in [0.3, 0.4) is 0 Å². The molecule has 1 heterocycles. The van der Waals surface area contributed by atoms with Gasteiger partial charge in [0.1, 0.15) is 11.6 Å². The van der Waals surface area contributed by atoms with Gasteiger partial charge in [-0.3, -0.25) is 0 Å². The summed E-state index contributed by atoms with van der Waals surface area (Å²) in [7, 11) is 0. The Labute approximate surface area is 113 Å². The van der Waals surface area contributed by atoms with Crippen LogP contribution in [-0.2, 0) is 11.2 Å². The van der Waals surface area contributed by atoms with Gasteiger partial charge in [0.05, 0.1) is 0 Å². The minimum atomic E-state index is -0.373. The summed E-state index contributed by atoms with van der Waals surface area (Å²) in [6, 6.07) is 3.70. The molecule has 0 aromatic heterocycles. The zero-order chi connectivity index (χ0) is 13.7. The monoisotopic (exact) mass is 269 g/mol. The molecule has 0 unspecified atom stereocenters. The average molecular weight is 269 g/mol. The van der Waals surface area contributed by atoms with Gasteiger partial charge in [-0.15, -0.1) is 0 Å². The van der Waals surface area contributed by atoms with E-state index >= 15 is 0 Å². The Balaban J connectivity index is 2.16. The van der Waals surface area contributed by atoms with E-state index in [1.165, 1.54) is 18.2 Å². The van der Waals surface area contributed by atoms with Crippen molar-refractivity contribution in [3.8, 4) is 0 Å². The molecular formula is C15H21F2NO. The van der Waals surface area contributed by atoms with Crippen LogP contribution in [0.25, 0.3) is 0 Å². The lowest BCUT2D eigenvalue weighted by Gasteiger charge is -2.37. The molecule has 1 aromatic carbocycles. The summed E-state index contributed by atoms with van der Waals surface area (Å²) in [5.74, 6) is -0.689. The molecule has 0 bridgehead atoms. The normalized spacial score (nSPS) is 18.5. The van der Waals surface area contributed by atoms with Crippen LogP contribution in [0.4, 0.5) is 8.78 Å².